The number of aryl methyl sites for hydroxylation is 2. The lowest BCUT2D eigenvalue weighted by Crippen LogP contribution is -2.50. The fourth-order valence-electron chi connectivity index (χ4n) is 4.62. The van der Waals surface area contributed by atoms with Gasteiger partial charge in [0.1, 0.15) is 6.04 Å². The summed E-state index contributed by atoms with van der Waals surface area (Å²) in [5.41, 5.74) is 4.67. The van der Waals surface area contributed by atoms with Gasteiger partial charge in [-0.25, -0.2) is 0 Å². The van der Waals surface area contributed by atoms with E-state index >= 15 is 0 Å². The molecule has 0 spiro atoms. The summed E-state index contributed by atoms with van der Waals surface area (Å²) in [7, 11) is 0. The molecule has 178 valence electrons. The number of carbonyl (C=O) groups is 2. The Morgan fingerprint density at radius 1 is 0.970 bits per heavy atom. The third kappa shape index (κ3) is 7.45. The molecule has 0 radical (unpaired) electrons. The zero-order valence-electron chi connectivity index (χ0n) is 20.8. The van der Waals surface area contributed by atoms with Crippen LogP contribution in [-0.4, -0.2) is 28.8 Å². The number of carbonyl (C=O) groups excluding carboxylic acids is 2. The average molecular weight is 449 g/mol. The fourth-order valence-corrected chi connectivity index (χ4v) is 4.62. The minimum atomic E-state index is -0.497. The van der Waals surface area contributed by atoms with Crippen molar-refractivity contribution in [3.8, 4) is 0 Å². The van der Waals surface area contributed by atoms with Gasteiger partial charge in [-0.3, -0.25) is 9.59 Å². The van der Waals surface area contributed by atoms with Crippen LogP contribution in [0.3, 0.4) is 0 Å². The van der Waals surface area contributed by atoms with Gasteiger partial charge in [-0.15, -0.1) is 0 Å². The molecule has 0 aromatic heterocycles. The van der Waals surface area contributed by atoms with Gasteiger partial charge in [0.25, 0.3) is 0 Å². The first-order valence-corrected chi connectivity index (χ1v) is 12.6. The van der Waals surface area contributed by atoms with Crippen molar-refractivity contribution in [3.05, 3.63) is 70.8 Å². The van der Waals surface area contributed by atoms with Gasteiger partial charge in [-0.2, -0.15) is 0 Å². The molecular weight excluding hydrogens is 408 g/mol. The number of benzene rings is 2. The summed E-state index contributed by atoms with van der Waals surface area (Å²) < 4.78 is 0. The molecule has 2 aromatic carbocycles. The van der Waals surface area contributed by atoms with Crippen LogP contribution >= 0.6 is 0 Å². The summed E-state index contributed by atoms with van der Waals surface area (Å²) in [5.74, 6) is 0.481. The summed E-state index contributed by atoms with van der Waals surface area (Å²) in [5, 5.41) is 3.21. The first kappa shape index (κ1) is 25.0. The van der Waals surface area contributed by atoms with Crippen molar-refractivity contribution >= 4 is 11.8 Å². The van der Waals surface area contributed by atoms with E-state index in [1.54, 1.807) is 4.90 Å². The number of amides is 2. The molecule has 0 unspecified atom stereocenters. The largest absolute Gasteiger partial charge is 0.352 e. The second kappa shape index (κ2) is 12.0. The van der Waals surface area contributed by atoms with Gasteiger partial charge in [0.05, 0.1) is 0 Å². The topological polar surface area (TPSA) is 49.4 Å². The summed E-state index contributed by atoms with van der Waals surface area (Å²) >= 11 is 0. The molecule has 0 bridgehead atoms. The van der Waals surface area contributed by atoms with Crippen molar-refractivity contribution in [2.24, 2.45) is 0 Å². The van der Waals surface area contributed by atoms with Gasteiger partial charge in [-0.05, 0) is 55.7 Å². The van der Waals surface area contributed by atoms with Crippen LogP contribution in [0.2, 0.25) is 0 Å². The Morgan fingerprint density at radius 3 is 2.30 bits per heavy atom. The van der Waals surface area contributed by atoms with Crippen molar-refractivity contribution in [1.29, 1.82) is 0 Å². The Labute approximate surface area is 199 Å². The molecule has 4 heteroatoms. The van der Waals surface area contributed by atoms with Crippen LogP contribution in [0.4, 0.5) is 0 Å². The van der Waals surface area contributed by atoms with E-state index in [0.717, 1.165) is 29.5 Å². The van der Waals surface area contributed by atoms with Crippen LogP contribution in [0.25, 0.3) is 0 Å². The Bertz CT molecular complexity index is 913. The highest BCUT2D eigenvalue weighted by molar-refractivity contribution is 5.87. The van der Waals surface area contributed by atoms with E-state index < -0.39 is 6.04 Å². The molecule has 1 atom stereocenters. The molecule has 1 saturated carbocycles. The molecule has 0 heterocycles. The maximum atomic E-state index is 13.4. The van der Waals surface area contributed by atoms with Crippen LogP contribution in [0.1, 0.15) is 87.5 Å². The van der Waals surface area contributed by atoms with Gasteiger partial charge in [0.2, 0.25) is 11.8 Å². The third-order valence-electron chi connectivity index (χ3n) is 6.83. The molecule has 33 heavy (non-hydrogen) atoms. The lowest BCUT2D eigenvalue weighted by Gasteiger charge is -2.31. The minimum Gasteiger partial charge on any atom is -0.352 e. The molecular formula is C29H40N2O2. The van der Waals surface area contributed by atoms with Crippen molar-refractivity contribution in [2.45, 2.75) is 97.2 Å². The molecule has 1 N–H and O–H groups in total. The zero-order chi connectivity index (χ0) is 23.8. The van der Waals surface area contributed by atoms with Crippen LogP contribution in [0.5, 0.6) is 0 Å². The Hall–Kier alpha value is -2.62. The highest BCUT2D eigenvalue weighted by Crippen LogP contribution is 2.20. The molecule has 0 saturated heterocycles. The van der Waals surface area contributed by atoms with E-state index in [2.05, 4.69) is 62.5 Å². The fraction of sp³-hybridized carbons (Fsp3) is 0.517. The van der Waals surface area contributed by atoms with Gasteiger partial charge >= 0.3 is 0 Å². The summed E-state index contributed by atoms with van der Waals surface area (Å²) in [6.07, 6.45) is 6.74. The van der Waals surface area contributed by atoms with E-state index in [1.165, 1.54) is 24.8 Å². The number of hydrogen-bond acceptors (Lipinski definition) is 2. The van der Waals surface area contributed by atoms with E-state index in [0.29, 0.717) is 25.3 Å². The first-order valence-electron chi connectivity index (χ1n) is 12.6. The predicted octanol–water partition coefficient (Wildman–Crippen LogP) is 5.92. The number of rotatable bonds is 9. The van der Waals surface area contributed by atoms with E-state index in [-0.39, 0.29) is 17.9 Å². The van der Waals surface area contributed by atoms with Crippen LogP contribution < -0.4 is 5.32 Å². The summed E-state index contributed by atoms with van der Waals surface area (Å²) in [6.45, 7) is 8.73. The monoisotopic (exact) mass is 448 g/mol. The van der Waals surface area contributed by atoms with Gasteiger partial charge < -0.3 is 10.2 Å². The average Bonchev–Trinajstić information content (AvgIpc) is 2.81. The lowest BCUT2D eigenvalue weighted by atomic mass is 9.95. The van der Waals surface area contributed by atoms with Crippen molar-refractivity contribution < 1.29 is 9.59 Å². The standard InChI is InChI=1S/C29H40N2O2/c1-21(2)26-16-13-24(14-17-26)15-18-28(32)31(20-25-10-8-9-22(3)19-25)23(4)29(33)30-27-11-6-5-7-12-27/h8-10,13-14,16-17,19,21,23,27H,5-7,11-12,15,18,20H2,1-4H3,(H,30,33)/t23-/m1/s1. The van der Waals surface area contributed by atoms with Gasteiger partial charge in [0, 0.05) is 19.0 Å². The molecule has 1 fully saturated rings. The molecule has 4 nitrogen and oxygen atoms in total. The van der Waals surface area contributed by atoms with E-state index in [9.17, 15) is 9.59 Å². The molecule has 1 aliphatic carbocycles. The second-order valence-electron chi connectivity index (χ2n) is 9.93. The normalized spacial score (nSPS) is 15.3. The van der Waals surface area contributed by atoms with Crippen LogP contribution in [0.15, 0.2) is 48.5 Å². The lowest BCUT2D eigenvalue weighted by molar-refractivity contribution is -0.141. The second-order valence-corrected chi connectivity index (χ2v) is 9.93. The molecule has 2 aromatic rings. The maximum absolute atomic E-state index is 13.4. The third-order valence-corrected chi connectivity index (χ3v) is 6.83. The highest BCUT2D eigenvalue weighted by Gasteiger charge is 2.28. The van der Waals surface area contributed by atoms with Crippen molar-refractivity contribution in [3.63, 3.8) is 0 Å². The summed E-state index contributed by atoms with van der Waals surface area (Å²) in [6, 6.07) is 16.5. The van der Waals surface area contributed by atoms with Crippen LogP contribution in [0, 0.1) is 6.92 Å². The van der Waals surface area contributed by atoms with E-state index in [4.69, 9.17) is 0 Å². The number of hydrogen-bond donors (Lipinski definition) is 1. The zero-order valence-corrected chi connectivity index (χ0v) is 20.8. The quantitative estimate of drug-likeness (QED) is 0.518. The predicted molar refractivity (Wildman–Crippen MR) is 135 cm³/mol. The smallest absolute Gasteiger partial charge is 0.242 e. The Morgan fingerprint density at radius 2 is 1.67 bits per heavy atom. The molecule has 0 aliphatic heterocycles. The maximum Gasteiger partial charge on any atom is 0.242 e. The number of nitrogens with one attached hydrogen (secondary N) is 1. The summed E-state index contributed by atoms with van der Waals surface area (Å²) in [4.78, 5) is 28.2. The van der Waals surface area contributed by atoms with Crippen molar-refractivity contribution in [1.82, 2.24) is 10.2 Å². The molecule has 2 amide bonds. The number of nitrogens with zero attached hydrogens (tertiary/aromatic N) is 1. The Balaban J connectivity index is 1.69. The molecule has 1 aliphatic rings. The SMILES string of the molecule is Cc1cccc(CN(C(=O)CCc2ccc(C(C)C)cc2)[C@H](C)C(=O)NC2CCCCC2)c1. The van der Waals surface area contributed by atoms with Gasteiger partial charge in [-0.1, -0.05) is 87.2 Å². The Kier molecular flexibility index (Phi) is 9.11. The first-order chi connectivity index (χ1) is 15.8. The minimum absolute atomic E-state index is 0.0238. The van der Waals surface area contributed by atoms with E-state index in [1.807, 2.05) is 19.1 Å². The van der Waals surface area contributed by atoms with Crippen LogP contribution in [-0.2, 0) is 22.6 Å². The van der Waals surface area contributed by atoms with Crippen molar-refractivity contribution in [2.75, 3.05) is 0 Å². The highest BCUT2D eigenvalue weighted by atomic mass is 16.2. The molecule has 3 rings (SSSR count). The van der Waals surface area contributed by atoms with Gasteiger partial charge in [0.15, 0.2) is 0 Å².